The quantitative estimate of drug-likeness (QED) is 0.285. The first-order chi connectivity index (χ1) is 16.4. The van der Waals surface area contributed by atoms with Crippen molar-refractivity contribution in [3.05, 3.63) is 124 Å². The molecule has 0 unspecified atom stereocenters. The minimum Gasteiger partial charge on any atom is -0.480 e. The Kier molecular flexibility index (Phi) is 8.94. The van der Waals surface area contributed by atoms with Crippen molar-refractivity contribution in [3.8, 4) is 0 Å². The lowest BCUT2D eigenvalue weighted by Crippen LogP contribution is -2.45. The predicted octanol–water partition coefficient (Wildman–Crippen LogP) is 4.59. The number of benzene rings is 3. The molecule has 0 aliphatic carbocycles. The molecule has 0 fully saturated rings. The summed E-state index contributed by atoms with van der Waals surface area (Å²) in [6.07, 6.45) is 4.95. The molecule has 3 aromatic carbocycles. The van der Waals surface area contributed by atoms with Gasteiger partial charge in [0, 0.05) is 16.5 Å². The second-order valence-electron chi connectivity index (χ2n) is 7.37. The summed E-state index contributed by atoms with van der Waals surface area (Å²) in [5, 5.41) is 14.8. The number of hydrogen-bond acceptors (Lipinski definition) is 3. The molecule has 0 saturated carbocycles. The molecular weight excluding hydrogens is 496 g/mol. The SMILES string of the molecule is O=C(N[C@@H](Cc1ccccc1)C(=O)O)/C(=C/C=C\c1ccccc1)NC(=O)c1cccc(Br)c1. The molecule has 3 rings (SSSR count). The lowest BCUT2D eigenvalue weighted by molar-refractivity contribution is -0.141. The largest absolute Gasteiger partial charge is 0.480 e. The maximum Gasteiger partial charge on any atom is 0.326 e. The molecule has 2 amide bonds. The Hall–Kier alpha value is -3.97. The summed E-state index contributed by atoms with van der Waals surface area (Å²) in [7, 11) is 0. The number of carboxylic acids is 1. The van der Waals surface area contributed by atoms with E-state index in [-0.39, 0.29) is 12.1 Å². The molecule has 0 heterocycles. The fourth-order valence-corrected chi connectivity index (χ4v) is 3.50. The van der Waals surface area contributed by atoms with Gasteiger partial charge in [0.15, 0.2) is 0 Å². The highest BCUT2D eigenvalue weighted by atomic mass is 79.9. The van der Waals surface area contributed by atoms with Gasteiger partial charge in [0.25, 0.3) is 11.8 Å². The van der Waals surface area contributed by atoms with Gasteiger partial charge in [0.05, 0.1) is 0 Å². The number of hydrogen-bond donors (Lipinski definition) is 3. The number of carbonyl (C=O) groups excluding carboxylic acids is 2. The maximum absolute atomic E-state index is 13.0. The first kappa shape index (κ1) is 24.7. The van der Waals surface area contributed by atoms with E-state index >= 15 is 0 Å². The normalized spacial score (nSPS) is 12.2. The third kappa shape index (κ3) is 7.56. The Balaban J connectivity index is 1.82. The second kappa shape index (κ2) is 12.3. The highest BCUT2D eigenvalue weighted by Crippen LogP contribution is 2.12. The van der Waals surface area contributed by atoms with Crippen LogP contribution in [-0.4, -0.2) is 28.9 Å². The molecule has 1 atom stereocenters. The standard InChI is InChI=1S/C27H23BrN2O4/c28-22-15-8-14-21(18-22)25(31)29-23(16-7-13-19-9-3-1-4-10-19)26(32)30-24(27(33)34)17-20-11-5-2-6-12-20/h1-16,18,24H,17H2,(H,29,31)(H,30,32)(H,33,34)/b13-7-,23-16-/t24-/m0/s1. The fraction of sp³-hybridized carbons (Fsp3) is 0.0741. The average Bonchev–Trinajstić information content (AvgIpc) is 2.84. The van der Waals surface area contributed by atoms with Gasteiger partial charge in [-0.2, -0.15) is 0 Å². The molecule has 172 valence electrons. The molecular formula is C27H23BrN2O4. The van der Waals surface area contributed by atoms with Crippen LogP contribution in [-0.2, 0) is 16.0 Å². The van der Waals surface area contributed by atoms with Crippen molar-refractivity contribution in [1.82, 2.24) is 10.6 Å². The van der Waals surface area contributed by atoms with Crippen LogP contribution in [0.2, 0.25) is 0 Å². The molecule has 3 N–H and O–H groups in total. The molecule has 3 aromatic rings. The van der Waals surface area contributed by atoms with E-state index in [4.69, 9.17) is 0 Å². The number of rotatable bonds is 9. The van der Waals surface area contributed by atoms with E-state index in [9.17, 15) is 19.5 Å². The van der Waals surface area contributed by atoms with Crippen LogP contribution in [0, 0.1) is 0 Å². The van der Waals surface area contributed by atoms with Crippen LogP contribution < -0.4 is 10.6 Å². The van der Waals surface area contributed by atoms with Gasteiger partial charge in [-0.15, -0.1) is 0 Å². The lowest BCUT2D eigenvalue weighted by atomic mass is 10.1. The predicted molar refractivity (Wildman–Crippen MR) is 135 cm³/mol. The Bertz CT molecular complexity index is 1210. The zero-order valence-electron chi connectivity index (χ0n) is 18.1. The highest BCUT2D eigenvalue weighted by Gasteiger charge is 2.23. The topological polar surface area (TPSA) is 95.5 Å². The third-order valence-electron chi connectivity index (χ3n) is 4.82. The van der Waals surface area contributed by atoms with Gasteiger partial charge in [-0.25, -0.2) is 4.79 Å². The molecule has 0 saturated heterocycles. The molecule has 0 radical (unpaired) electrons. The Labute approximate surface area is 206 Å². The first-order valence-electron chi connectivity index (χ1n) is 10.5. The summed E-state index contributed by atoms with van der Waals surface area (Å²) < 4.78 is 0.716. The molecule has 0 aliphatic rings. The summed E-state index contributed by atoms with van der Waals surface area (Å²) in [5.74, 6) is -2.37. The lowest BCUT2D eigenvalue weighted by Gasteiger charge is -2.16. The summed E-state index contributed by atoms with van der Waals surface area (Å²) in [6, 6.07) is 24.0. The molecule has 0 bridgehead atoms. The Morgan fingerprint density at radius 2 is 1.59 bits per heavy atom. The summed E-state index contributed by atoms with van der Waals surface area (Å²) >= 11 is 3.32. The van der Waals surface area contributed by atoms with Crippen molar-refractivity contribution in [3.63, 3.8) is 0 Å². The van der Waals surface area contributed by atoms with Crippen molar-refractivity contribution in [2.24, 2.45) is 0 Å². The number of halogens is 1. The molecule has 0 spiro atoms. The first-order valence-corrected chi connectivity index (χ1v) is 11.3. The van der Waals surface area contributed by atoms with E-state index < -0.39 is 23.8 Å². The van der Waals surface area contributed by atoms with Gasteiger partial charge in [0.2, 0.25) is 0 Å². The number of aliphatic carboxylic acids is 1. The number of allylic oxidation sites excluding steroid dienone is 2. The summed E-state index contributed by atoms with van der Waals surface area (Å²) in [5.41, 5.74) is 1.95. The van der Waals surface area contributed by atoms with Gasteiger partial charge >= 0.3 is 5.97 Å². The number of amides is 2. The molecule has 0 aromatic heterocycles. The van der Waals surface area contributed by atoms with Crippen LogP contribution in [0.5, 0.6) is 0 Å². The van der Waals surface area contributed by atoms with Crippen LogP contribution in [0.1, 0.15) is 21.5 Å². The number of carbonyl (C=O) groups is 3. The Morgan fingerprint density at radius 1 is 0.912 bits per heavy atom. The van der Waals surface area contributed by atoms with Crippen molar-refractivity contribution < 1.29 is 19.5 Å². The maximum atomic E-state index is 13.0. The number of carboxylic acid groups (broad SMARTS) is 1. The average molecular weight is 519 g/mol. The van der Waals surface area contributed by atoms with E-state index in [2.05, 4.69) is 26.6 Å². The smallest absolute Gasteiger partial charge is 0.326 e. The van der Waals surface area contributed by atoms with E-state index in [1.807, 2.05) is 36.4 Å². The van der Waals surface area contributed by atoms with Gasteiger partial charge in [-0.1, -0.05) is 94.8 Å². The van der Waals surface area contributed by atoms with Crippen LogP contribution in [0.15, 0.2) is 107 Å². The highest BCUT2D eigenvalue weighted by molar-refractivity contribution is 9.10. The van der Waals surface area contributed by atoms with Crippen molar-refractivity contribution in [2.45, 2.75) is 12.5 Å². The molecule has 6 nitrogen and oxygen atoms in total. The Morgan fingerprint density at radius 3 is 2.24 bits per heavy atom. The summed E-state index contributed by atoms with van der Waals surface area (Å²) in [6.45, 7) is 0. The van der Waals surface area contributed by atoms with Gasteiger partial charge in [-0.3, -0.25) is 9.59 Å². The van der Waals surface area contributed by atoms with Crippen LogP contribution >= 0.6 is 15.9 Å². The minimum absolute atomic E-state index is 0.0727. The molecule has 7 heteroatoms. The van der Waals surface area contributed by atoms with E-state index in [0.29, 0.717) is 10.0 Å². The second-order valence-corrected chi connectivity index (χ2v) is 8.28. The number of nitrogens with one attached hydrogen (secondary N) is 2. The summed E-state index contributed by atoms with van der Waals surface area (Å²) in [4.78, 5) is 37.6. The van der Waals surface area contributed by atoms with Gasteiger partial charge < -0.3 is 15.7 Å². The van der Waals surface area contributed by atoms with E-state index in [1.54, 1.807) is 60.7 Å². The third-order valence-corrected chi connectivity index (χ3v) is 5.31. The van der Waals surface area contributed by atoms with Gasteiger partial charge in [-0.05, 0) is 35.4 Å². The van der Waals surface area contributed by atoms with Crippen molar-refractivity contribution >= 4 is 39.8 Å². The zero-order valence-corrected chi connectivity index (χ0v) is 19.7. The van der Waals surface area contributed by atoms with Crippen molar-refractivity contribution in [2.75, 3.05) is 0 Å². The monoisotopic (exact) mass is 518 g/mol. The van der Waals surface area contributed by atoms with Gasteiger partial charge in [0.1, 0.15) is 11.7 Å². The zero-order chi connectivity index (χ0) is 24.3. The fourth-order valence-electron chi connectivity index (χ4n) is 3.10. The molecule has 34 heavy (non-hydrogen) atoms. The van der Waals surface area contributed by atoms with E-state index in [1.165, 1.54) is 6.08 Å². The molecule has 0 aliphatic heterocycles. The van der Waals surface area contributed by atoms with Crippen molar-refractivity contribution in [1.29, 1.82) is 0 Å². The van der Waals surface area contributed by atoms with E-state index in [0.717, 1.165) is 11.1 Å². The van der Waals surface area contributed by atoms with Crippen LogP contribution in [0.4, 0.5) is 0 Å². The minimum atomic E-state index is -1.17. The van der Waals surface area contributed by atoms with Crippen LogP contribution in [0.25, 0.3) is 6.08 Å². The van der Waals surface area contributed by atoms with Crippen LogP contribution in [0.3, 0.4) is 0 Å².